The molecule has 1 spiro atoms. The summed E-state index contributed by atoms with van der Waals surface area (Å²) in [5.74, 6) is 0.606. The van der Waals surface area contributed by atoms with Crippen LogP contribution >= 0.6 is 0 Å². The summed E-state index contributed by atoms with van der Waals surface area (Å²) in [5, 5.41) is 11.0. The zero-order chi connectivity index (χ0) is 23.3. The van der Waals surface area contributed by atoms with Crippen molar-refractivity contribution in [1.82, 2.24) is 0 Å². The lowest BCUT2D eigenvalue weighted by molar-refractivity contribution is -0.234. The molecule has 1 aliphatic heterocycles. The minimum Gasteiger partial charge on any atom is -0.462 e. The highest BCUT2D eigenvalue weighted by atomic mass is 16.5. The Morgan fingerprint density at radius 3 is 2.56 bits per heavy atom. The minimum absolute atomic E-state index is 0.0411. The van der Waals surface area contributed by atoms with E-state index < -0.39 is 11.7 Å². The molecule has 2 bridgehead atoms. The van der Waals surface area contributed by atoms with Gasteiger partial charge in [0.1, 0.15) is 11.9 Å². The second-order valence-electron chi connectivity index (χ2n) is 13.3. The number of esters is 1. The summed E-state index contributed by atoms with van der Waals surface area (Å²) in [6.45, 7) is 13.0. The Morgan fingerprint density at radius 1 is 1.16 bits per heavy atom. The molecule has 180 valence electrons. The van der Waals surface area contributed by atoms with Crippen molar-refractivity contribution in [2.45, 2.75) is 117 Å². The SMILES string of the molecule is CC(=O)O[C@@H]1C[C@@]2(C)C[C@@]3(CC[C@@H]2[C@@]2(C)CCCC(C)(C)[C@H]12)OC1[C@@H](O)C3CC(=O)[C@H]1C. The molecule has 0 amide bonds. The van der Waals surface area contributed by atoms with Gasteiger partial charge in [-0.05, 0) is 60.7 Å². The fourth-order valence-electron chi connectivity index (χ4n) is 10.00. The number of fused-ring (bicyclic) bond motifs is 6. The lowest BCUT2D eigenvalue weighted by atomic mass is 9.39. The Labute approximate surface area is 193 Å². The van der Waals surface area contributed by atoms with Crippen molar-refractivity contribution in [2.75, 3.05) is 0 Å². The molecule has 2 unspecified atom stereocenters. The average molecular weight is 447 g/mol. The van der Waals surface area contributed by atoms with Gasteiger partial charge < -0.3 is 14.6 Å². The lowest BCUT2D eigenvalue weighted by Gasteiger charge is -2.67. The molecule has 0 aromatic rings. The molecular formula is C27H42O5. The lowest BCUT2D eigenvalue weighted by Crippen LogP contribution is -2.64. The Hall–Kier alpha value is -0.940. The van der Waals surface area contributed by atoms with Gasteiger partial charge in [0.05, 0.1) is 17.8 Å². The Bertz CT molecular complexity index is 821. The summed E-state index contributed by atoms with van der Waals surface area (Å²) in [4.78, 5) is 24.8. The van der Waals surface area contributed by atoms with E-state index in [-0.39, 0.29) is 52.0 Å². The molecule has 4 saturated carbocycles. The van der Waals surface area contributed by atoms with Crippen LogP contribution in [-0.2, 0) is 19.1 Å². The number of rotatable bonds is 1. The van der Waals surface area contributed by atoms with Crippen molar-refractivity contribution < 1.29 is 24.2 Å². The van der Waals surface area contributed by atoms with Crippen LogP contribution in [0.4, 0.5) is 0 Å². The predicted octanol–water partition coefficient (Wildman–Crippen LogP) is 4.68. The number of ketones is 1. The largest absolute Gasteiger partial charge is 0.462 e. The van der Waals surface area contributed by atoms with Crippen LogP contribution in [0.15, 0.2) is 0 Å². The molecule has 5 aliphatic rings. The number of hydrogen-bond donors (Lipinski definition) is 1. The van der Waals surface area contributed by atoms with Gasteiger partial charge in [0.25, 0.3) is 0 Å². The van der Waals surface area contributed by atoms with Crippen molar-refractivity contribution in [1.29, 1.82) is 0 Å². The maximum atomic E-state index is 12.6. The van der Waals surface area contributed by atoms with Crippen LogP contribution in [0.25, 0.3) is 0 Å². The standard InChI is InChI=1S/C27H42O5/c1-15-18(29)12-17-21(30)22(15)32-27(17)11-8-20-25(5,14-27)13-19(31-16(2)28)23-24(3,4)9-7-10-26(20,23)6/h15,17,19-23,30H,7-14H2,1-6H3/t15-,17?,19-,20+,21+,22?,23+,25+,26-,27-/m1/s1. The molecule has 0 aromatic carbocycles. The van der Waals surface area contributed by atoms with Crippen LogP contribution in [0, 0.1) is 39.9 Å². The van der Waals surface area contributed by atoms with Crippen molar-refractivity contribution in [3.63, 3.8) is 0 Å². The highest BCUT2D eigenvalue weighted by Crippen LogP contribution is 2.70. The topological polar surface area (TPSA) is 72.8 Å². The third-order valence-corrected chi connectivity index (χ3v) is 10.9. The van der Waals surface area contributed by atoms with Gasteiger partial charge in [-0.1, -0.05) is 41.0 Å². The van der Waals surface area contributed by atoms with Crippen LogP contribution in [0.1, 0.15) is 92.9 Å². The zero-order valence-electron chi connectivity index (χ0n) is 20.8. The van der Waals surface area contributed by atoms with Gasteiger partial charge in [0, 0.05) is 31.1 Å². The molecule has 32 heavy (non-hydrogen) atoms. The quantitative estimate of drug-likeness (QED) is 0.592. The minimum atomic E-state index is -0.548. The average Bonchev–Trinajstić information content (AvgIpc) is 2.84. The van der Waals surface area contributed by atoms with E-state index in [9.17, 15) is 14.7 Å². The zero-order valence-corrected chi connectivity index (χ0v) is 20.8. The second kappa shape index (κ2) is 7.04. The van der Waals surface area contributed by atoms with E-state index in [0.29, 0.717) is 18.3 Å². The van der Waals surface area contributed by atoms with E-state index in [0.717, 1.165) is 25.7 Å². The third kappa shape index (κ3) is 3.02. The van der Waals surface area contributed by atoms with E-state index in [1.165, 1.54) is 26.2 Å². The molecule has 5 nitrogen and oxygen atoms in total. The van der Waals surface area contributed by atoms with E-state index in [1.807, 2.05) is 6.92 Å². The molecule has 4 aliphatic carbocycles. The van der Waals surface area contributed by atoms with Crippen LogP contribution in [0.3, 0.4) is 0 Å². The van der Waals surface area contributed by atoms with Gasteiger partial charge in [-0.25, -0.2) is 0 Å². The van der Waals surface area contributed by atoms with E-state index >= 15 is 0 Å². The second-order valence-corrected chi connectivity index (χ2v) is 13.3. The maximum absolute atomic E-state index is 12.6. The molecule has 0 aromatic heterocycles. The monoisotopic (exact) mass is 446 g/mol. The number of aliphatic hydroxyl groups excluding tert-OH is 1. The molecular weight excluding hydrogens is 404 g/mol. The molecule has 1 N–H and O–H groups in total. The van der Waals surface area contributed by atoms with Crippen molar-refractivity contribution in [2.24, 2.45) is 39.9 Å². The van der Waals surface area contributed by atoms with Crippen molar-refractivity contribution >= 4 is 11.8 Å². The maximum Gasteiger partial charge on any atom is 0.302 e. The normalized spacial score (nSPS) is 54.1. The Morgan fingerprint density at radius 2 is 1.88 bits per heavy atom. The van der Waals surface area contributed by atoms with Crippen molar-refractivity contribution in [3.8, 4) is 0 Å². The number of carbonyl (C=O) groups is 2. The molecule has 1 saturated heterocycles. The summed E-state index contributed by atoms with van der Waals surface area (Å²) in [6.07, 6.45) is 6.68. The highest BCUT2D eigenvalue weighted by molar-refractivity contribution is 5.83. The molecule has 5 heteroatoms. The smallest absolute Gasteiger partial charge is 0.302 e. The fourth-order valence-corrected chi connectivity index (χ4v) is 10.00. The number of Topliss-reactive ketones (excluding diaryl/α,β-unsaturated/α-hetero) is 1. The number of ether oxygens (including phenoxy) is 2. The van der Waals surface area contributed by atoms with E-state index in [2.05, 4.69) is 27.7 Å². The molecule has 10 atom stereocenters. The van der Waals surface area contributed by atoms with E-state index in [1.54, 1.807) is 0 Å². The van der Waals surface area contributed by atoms with Crippen LogP contribution in [0.2, 0.25) is 0 Å². The summed E-state index contributed by atoms with van der Waals surface area (Å²) in [6, 6.07) is 0. The van der Waals surface area contributed by atoms with Gasteiger partial charge in [-0.15, -0.1) is 0 Å². The molecule has 0 radical (unpaired) electrons. The predicted molar refractivity (Wildman–Crippen MR) is 121 cm³/mol. The van der Waals surface area contributed by atoms with Gasteiger partial charge in [0.2, 0.25) is 0 Å². The van der Waals surface area contributed by atoms with E-state index in [4.69, 9.17) is 9.47 Å². The summed E-state index contributed by atoms with van der Waals surface area (Å²) >= 11 is 0. The fraction of sp³-hybridized carbons (Fsp3) is 0.926. The van der Waals surface area contributed by atoms with Crippen LogP contribution in [-0.4, -0.2) is 40.8 Å². The number of hydrogen-bond acceptors (Lipinski definition) is 5. The summed E-state index contributed by atoms with van der Waals surface area (Å²) in [5.41, 5.74) is -0.210. The van der Waals surface area contributed by atoms with Gasteiger partial charge in [-0.3, -0.25) is 9.59 Å². The molecule has 1 heterocycles. The Balaban J connectivity index is 1.52. The van der Waals surface area contributed by atoms with Gasteiger partial charge >= 0.3 is 5.97 Å². The summed E-state index contributed by atoms with van der Waals surface area (Å²) in [7, 11) is 0. The van der Waals surface area contributed by atoms with Crippen LogP contribution in [0.5, 0.6) is 0 Å². The first kappa shape index (κ1) is 22.8. The number of carbonyl (C=O) groups excluding carboxylic acids is 2. The number of aliphatic hydroxyl groups is 1. The molecule has 5 fully saturated rings. The Kier molecular flexibility index (Phi) is 5.02. The third-order valence-electron chi connectivity index (χ3n) is 10.9. The first-order valence-electron chi connectivity index (χ1n) is 12.9. The van der Waals surface area contributed by atoms with Crippen LogP contribution < -0.4 is 0 Å². The van der Waals surface area contributed by atoms with Crippen molar-refractivity contribution in [3.05, 3.63) is 0 Å². The van der Waals surface area contributed by atoms with Gasteiger partial charge in [-0.2, -0.15) is 0 Å². The highest BCUT2D eigenvalue weighted by Gasteiger charge is 2.69. The van der Waals surface area contributed by atoms with Gasteiger partial charge in [0.15, 0.2) is 0 Å². The first-order chi connectivity index (χ1) is 14.8. The molecule has 5 rings (SSSR count). The summed E-state index contributed by atoms with van der Waals surface area (Å²) < 4.78 is 12.8. The first-order valence-corrected chi connectivity index (χ1v) is 12.9.